The van der Waals surface area contributed by atoms with Gasteiger partial charge in [-0.25, -0.2) is 13.8 Å². The second-order valence-electron chi connectivity index (χ2n) is 7.08. The monoisotopic (exact) mass is 469 g/mol. The molecule has 0 aromatic heterocycles. The highest BCUT2D eigenvalue weighted by Crippen LogP contribution is 2.47. The topological polar surface area (TPSA) is 58.7 Å². The van der Waals surface area contributed by atoms with Gasteiger partial charge in [0.05, 0.1) is 5.92 Å². The number of benzene rings is 2. The molecule has 0 unspecified atom stereocenters. The predicted octanol–water partition coefficient (Wildman–Crippen LogP) is 5.00. The maximum atomic E-state index is 13.6. The number of nitrogens with two attached hydrogens (primary N) is 1. The Bertz CT molecular complexity index is 959. The van der Waals surface area contributed by atoms with Crippen LogP contribution in [0.1, 0.15) is 36.5 Å². The molecule has 2 atom stereocenters. The van der Waals surface area contributed by atoms with Crippen molar-refractivity contribution in [2.75, 3.05) is 7.05 Å². The molecule has 1 aliphatic heterocycles. The Hall–Kier alpha value is -1.99. The lowest BCUT2D eigenvalue weighted by Crippen LogP contribution is -2.52. The molecule has 8 heteroatoms. The quantitative estimate of drug-likeness (QED) is 0.686. The molecular weight excluding hydrogens is 452 g/mol. The number of nitrogens with zero attached hydrogens (tertiary/aromatic N) is 2. The number of carbonyl (C=O) groups is 1. The highest BCUT2D eigenvalue weighted by Gasteiger charge is 2.48. The van der Waals surface area contributed by atoms with Gasteiger partial charge in [-0.3, -0.25) is 9.69 Å². The summed E-state index contributed by atoms with van der Waals surface area (Å²) in [5.74, 6) is -3.97. The fourth-order valence-electron chi connectivity index (χ4n) is 3.46. The maximum Gasteiger partial charge on any atom is 0.270 e. The molecule has 1 heterocycles. The molecule has 28 heavy (non-hydrogen) atoms. The fraction of sp³-hybridized carbons (Fsp3) is 0.300. The van der Waals surface area contributed by atoms with Crippen molar-refractivity contribution in [3.63, 3.8) is 0 Å². The first-order valence-electron chi connectivity index (χ1n) is 8.52. The Morgan fingerprint density at radius 1 is 1.25 bits per heavy atom. The van der Waals surface area contributed by atoms with Gasteiger partial charge >= 0.3 is 0 Å². The molecule has 0 fully saturated rings. The van der Waals surface area contributed by atoms with E-state index in [0.717, 1.165) is 11.4 Å². The number of guanidine groups is 1. The number of aliphatic imine (C=N–C) groups is 1. The van der Waals surface area contributed by atoms with Crippen LogP contribution in [0.15, 0.2) is 51.9 Å². The molecule has 1 aliphatic rings. The molecule has 0 aliphatic carbocycles. The molecule has 2 N–H and O–H groups in total. The minimum Gasteiger partial charge on any atom is -0.369 e. The van der Waals surface area contributed by atoms with E-state index in [2.05, 4.69) is 20.9 Å². The van der Waals surface area contributed by atoms with Gasteiger partial charge in [-0.05, 0) is 30.7 Å². The van der Waals surface area contributed by atoms with Gasteiger partial charge in [0.15, 0.2) is 5.96 Å². The van der Waals surface area contributed by atoms with Crippen molar-refractivity contribution in [2.45, 2.75) is 31.2 Å². The zero-order valence-electron chi connectivity index (χ0n) is 15.5. The average molecular weight is 471 g/mol. The van der Waals surface area contributed by atoms with E-state index in [1.807, 2.05) is 0 Å². The van der Waals surface area contributed by atoms with Crippen LogP contribution in [0.25, 0.3) is 0 Å². The van der Waals surface area contributed by atoms with Gasteiger partial charge in [0.25, 0.3) is 5.92 Å². The summed E-state index contributed by atoms with van der Waals surface area (Å²) in [5.41, 5.74) is 5.93. The fourth-order valence-corrected chi connectivity index (χ4v) is 4.13. The highest BCUT2D eigenvalue weighted by atomic mass is 79.9. The molecule has 0 saturated carbocycles. The third-order valence-corrected chi connectivity index (χ3v) is 5.88. The molecule has 0 saturated heterocycles. The van der Waals surface area contributed by atoms with Crippen molar-refractivity contribution in [3.05, 3.63) is 68.7 Å². The molecule has 0 bridgehead atoms. The van der Waals surface area contributed by atoms with Crippen molar-refractivity contribution >= 4 is 39.4 Å². The summed E-state index contributed by atoms with van der Waals surface area (Å²) in [5, 5.41) is 0.432. The van der Waals surface area contributed by atoms with Crippen molar-refractivity contribution < 1.29 is 13.6 Å². The molecule has 3 rings (SSSR count). The van der Waals surface area contributed by atoms with E-state index >= 15 is 0 Å². The van der Waals surface area contributed by atoms with Crippen LogP contribution in [0.3, 0.4) is 0 Å². The number of amides is 1. The molecule has 148 valence electrons. The van der Waals surface area contributed by atoms with Crippen LogP contribution >= 0.6 is 27.5 Å². The van der Waals surface area contributed by atoms with Crippen molar-refractivity contribution in [2.24, 2.45) is 10.7 Å². The minimum atomic E-state index is -2.97. The Labute approximate surface area is 175 Å². The number of hydrogen-bond donors (Lipinski definition) is 1. The van der Waals surface area contributed by atoms with Gasteiger partial charge in [0, 0.05) is 34.6 Å². The van der Waals surface area contributed by atoms with E-state index in [4.69, 9.17) is 17.3 Å². The van der Waals surface area contributed by atoms with Crippen LogP contribution in [0.2, 0.25) is 5.02 Å². The minimum absolute atomic E-state index is 0.0662. The van der Waals surface area contributed by atoms with E-state index < -0.39 is 17.4 Å². The summed E-state index contributed by atoms with van der Waals surface area (Å²) in [7, 11) is 1.53. The summed E-state index contributed by atoms with van der Waals surface area (Å²) >= 11 is 9.85. The molecule has 1 amide bonds. The van der Waals surface area contributed by atoms with Crippen molar-refractivity contribution in [1.29, 1.82) is 0 Å². The SMILES string of the molecule is CN1C(=O)[C@H](c2ccc(C(C)(F)F)cc2)[C@@](C)(c2cc(Br)ccc2Cl)N=C1N. The summed E-state index contributed by atoms with van der Waals surface area (Å²) in [6, 6.07) is 11.0. The standard InChI is InChI=1S/C20H19BrClF2N3O/c1-19(14-10-13(21)8-9-15(14)22)16(17(28)27(3)18(25)26-19)11-4-6-12(7-5-11)20(2,23)24/h4-10,16H,1-3H3,(H2,25,26)/t16-,19+/m0/s1. The summed E-state index contributed by atoms with van der Waals surface area (Å²) in [6.07, 6.45) is 0. The van der Waals surface area contributed by atoms with Gasteiger partial charge in [-0.15, -0.1) is 0 Å². The largest absolute Gasteiger partial charge is 0.369 e. The zero-order valence-corrected chi connectivity index (χ0v) is 17.9. The maximum absolute atomic E-state index is 13.6. The first-order valence-corrected chi connectivity index (χ1v) is 9.69. The zero-order chi connectivity index (χ0) is 20.9. The average Bonchev–Trinajstić information content (AvgIpc) is 2.61. The lowest BCUT2D eigenvalue weighted by Gasteiger charge is -2.41. The molecular formula is C20H19BrClF2N3O. The van der Waals surface area contributed by atoms with Crippen molar-refractivity contribution in [1.82, 2.24) is 4.90 Å². The van der Waals surface area contributed by atoms with E-state index in [1.54, 1.807) is 25.1 Å². The van der Waals surface area contributed by atoms with Gasteiger partial charge in [-0.2, -0.15) is 0 Å². The number of hydrogen-bond acceptors (Lipinski definition) is 3. The van der Waals surface area contributed by atoms with Gasteiger partial charge < -0.3 is 5.73 Å². The van der Waals surface area contributed by atoms with E-state index in [0.29, 0.717) is 16.1 Å². The van der Waals surface area contributed by atoms with Crippen LogP contribution in [-0.2, 0) is 16.3 Å². The van der Waals surface area contributed by atoms with Gasteiger partial charge in [-0.1, -0.05) is 51.8 Å². The Balaban J connectivity index is 2.21. The number of alkyl halides is 2. The second-order valence-corrected chi connectivity index (χ2v) is 8.41. The number of carbonyl (C=O) groups excluding carboxylic acids is 1. The van der Waals surface area contributed by atoms with Crippen LogP contribution in [0.5, 0.6) is 0 Å². The Morgan fingerprint density at radius 3 is 2.43 bits per heavy atom. The normalized spacial score (nSPS) is 23.0. The third kappa shape index (κ3) is 3.53. The lowest BCUT2D eigenvalue weighted by atomic mass is 9.74. The van der Waals surface area contributed by atoms with Crippen LogP contribution < -0.4 is 5.73 Å². The van der Waals surface area contributed by atoms with E-state index in [9.17, 15) is 13.6 Å². The second kappa shape index (κ2) is 7.12. The molecule has 0 radical (unpaired) electrons. The Kier molecular flexibility index (Phi) is 5.27. The Morgan fingerprint density at radius 2 is 1.86 bits per heavy atom. The summed E-state index contributed by atoms with van der Waals surface area (Å²) in [6.45, 7) is 2.60. The van der Waals surface area contributed by atoms with E-state index in [-0.39, 0.29) is 17.4 Å². The van der Waals surface area contributed by atoms with Gasteiger partial charge in [0.2, 0.25) is 5.91 Å². The number of rotatable bonds is 3. The van der Waals surface area contributed by atoms with Gasteiger partial charge in [0.1, 0.15) is 5.54 Å². The molecule has 2 aromatic carbocycles. The molecule has 4 nitrogen and oxygen atoms in total. The number of likely N-dealkylation sites (N-methyl/N-ethyl adjacent to an activating group) is 1. The van der Waals surface area contributed by atoms with Crippen LogP contribution in [0.4, 0.5) is 8.78 Å². The lowest BCUT2D eigenvalue weighted by molar-refractivity contribution is -0.130. The highest BCUT2D eigenvalue weighted by molar-refractivity contribution is 9.10. The first-order chi connectivity index (χ1) is 12.9. The molecule has 0 spiro atoms. The van der Waals surface area contributed by atoms with Crippen molar-refractivity contribution in [3.8, 4) is 0 Å². The summed E-state index contributed by atoms with van der Waals surface area (Å²) in [4.78, 5) is 19.0. The van der Waals surface area contributed by atoms with E-state index in [1.165, 1.54) is 36.2 Å². The van der Waals surface area contributed by atoms with Crippen LogP contribution in [0, 0.1) is 0 Å². The first kappa shape index (κ1) is 20.7. The smallest absolute Gasteiger partial charge is 0.270 e. The predicted molar refractivity (Wildman–Crippen MR) is 110 cm³/mol. The number of halogens is 4. The van der Waals surface area contributed by atoms with Crippen LogP contribution in [-0.4, -0.2) is 23.8 Å². The molecule has 2 aromatic rings. The third-order valence-electron chi connectivity index (χ3n) is 5.05. The summed E-state index contributed by atoms with van der Waals surface area (Å²) < 4.78 is 28.0.